The third-order valence-electron chi connectivity index (χ3n) is 4.18. The smallest absolute Gasteiger partial charge is 0.184 e. The molecule has 8 nitrogen and oxygen atoms in total. The van der Waals surface area contributed by atoms with E-state index >= 15 is 0 Å². The number of anilines is 1. The van der Waals surface area contributed by atoms with Crippen molar-refractivity contribution in [2.75, 3.05) is 19.5 Å². The maximum Gasteiger partial charge on any atom is 0.184 e. The Morgan fingerprint density at radius 3 is 2.65 bits per heavy atom. The number of phenols is 1. The van der Waals surface area contributed by atoms with Gasteiger partial charge in [-0.1, -0.05) is 6.07 Å². The predicted molar refractivity (Wildman–Crippen MR) is 96.8 cm³/mol. The van der Waals surface area contributed by atoms with Gasteiger partial charge in [-0.05, 0) is 34.7 Å². The highest BCUT2D eigenvalue weighted by molar-refractivity contribution is 5.86. The number of benzene rings is 2. The van der Waals surface area contributed by atoms with Crippen LogP contribution in [0.5, 0.6) is 17.2 Å². The fourth-order valence-corrected chi connectivity index (χ4v) is 2.93. The zero-order chi connectivity index (χ0) is 18.1. The van der Waals surface area contributed by atoms with E-state index in [0.29, 0.717) is 23.7 Å². The van der Waals surface area contributed by atoms with E-state index < -0.39 is 0 Å². The Morgan fingerprint density at radius 1 is 1.08 bits per heavy atom. The van der Waals surface area contributed by atoms with Crippen LogP contribution in [0, 0.1) is 0 Å². The average Bonchev–Trinajstić information content (AvgIpc) is 3.15. The van der Waals surface area contributed by atoms with Gasteiger partial charge in [0.05, 0.1) is 19.7 Å². The highest BCUT2D eigenvalue weighted by Gasteiger charge is 2.14. The van der Waals surface area contributed by atoms with Crippen LogP contribution in [0.2, 0.25) is 0 Å². The van der Waals surface area contributed by atoms with Crippen LogP contribution in [0.3, 0.4) is 0 Å². The van der Waals surface area contributed by atoms with E-state index in [1.807, 2.05) is 24.3 Å². The lowest BCUT2D eigenvalue weighted by Gasteiger charge is -2.12. The highest BCUT2D eigenvalue weighted by Crippen LogP contribution is 2.33. The van der Waals surface area contributed by atoms with Gasteiger partial charge in [0.2, 0.25) is 0 Å². The lowest BCUT2D eigenvalue weighted by Crippen LogP contribution is -2.04. The summed E-state index contributed by atoms with van der Waals surface area (Å²) < 4.78 is 12.4. The SMILES string of the molecule is COc1cc2cc(CNc3cccc(O)c3)c3nnnn3c2cc1OC. The van der Waals surface area contributed by atoms with Crippen molar-refractivity contribution in [3.05, 3.63) is 48.0 Å². The summed E-state index contributed by atoms with van der Waals surface area (Å²) in [6.45, 7) is 0.498. The fraction of sp³-hybridized carbons (Fsp3) is 0.167. The molecule has 2 heterocycles. The summed E-state index contributed by atoms with van der Waals surface area (Å²) in [5.74, 6) is 1.46. The topological polar surface area (TPSA) is 93.8 Å². The minimum Gasteiger partial charge on any atom is -0.508 e. The Labute approximate surface area is 149 Å². The van der Waals surface area contributed by atoms with Crippen LogP contribution in [-0.4, -0.2) is 39.4 Å². The number of ether oxygens (including phenoxy) is 2. The molecule has 2 aromatic heterocycles. The van der Waals surface area contributed by atoms with E-state index in [1.54, 1.807) is 36.9 Å². The van der Waals surface area contributed by atoms with E-state index in [0.717, 1.165) is 22.2 Å². The van der Waals surface area contributed by atoms with Gasteiger partial charge in [-0.3, -0.25) is 0 Å². The first-order valence-electron chi connectivity index (χ1n) is 7.98. The van der Waals surface area contributed by atoms with Gasteiger partial charge in [0.1, 0.15) is 5.75 Å². The molecule has 0 saturated heterocycles. The van der Waals surface area contributed by atoms with E-state index in [-0.39, 0.29) is 5.75 Å². The summed E-state index contributed by atoms with van der Waals surface area (Å²) in [5.41, 5.74) is 3.20. The number of tetrazole rings is 1. The van der Waals surface area contributed by atoms with Gasteiger partial charge in [-0.15, -0.1) is 5.10 Å². The van der Waals surface area contributed by atoms with Gasteiger partial charge in [0.25, 0.3) is 0 Å². The number of pyridine rings is 1. The Balaban J connectivity index is 1.79. The molecule has 0 fully saturated rings. The number of nitrogens with zero attached hydrogens (tertiary/aromatic N) is 4. The van der Waals surface area contributed by atoms with E-state index in [4.69, 9.17) is 9.47 Å². The van der Waals surface area contributed by atoms with E-state index in [1.165, 1.54) is 0 Å². The van der Waals surface area contributed by atoms with Crippen molar-refractivity contribution in [1.82, 2.24) is 20.0 Å². The number of hydrogen-bond donors (Lipinski definition) is 2. The molecule has 0 aliphatic heterocycles. The van der Waals surface area contributed by atoms with Gasteiger partial charge < -0.3 is 19.9 Å². The molecule has 4 rings (SSSR count). The number of rotatable bonds is 5. The molecule has 0 amide bonds. The van der Waals surface area contributed by atoms with Crippen LogP contribution < -0.4 is 14.8 Å². The lowest BCUT2D eigenvalue weighted by molar-refractivity contribution is 0.355. The second-order valence-electron chi connectivity index (χ2n) is 5.75. The van der Waals surface area contributed by atoms with Crippen molar-refractivity contribution in [2.45, 2.75) is 6.54 Å². The van der Waals surface area contributed by atoms with Crippen molar-refractivity contribution in [2.24, 2.45) is 0 Å². The summed E-state index contributed by atoms with van der Waals surface area (Å²) in [6, 6.07) is 12.7. The Hall–Kier alpha value is -3.55. The molecular formula is C18H17N5O3. The molecule has 0 radical (unpaired) electrons. The van der Waals surface area contributed by atoms with Crippen LogP contribution in [0.4, 0.5) is 5.69 Å². The summed E-state index contributed by atoms with van der Waals surface area (Å²) in [5, 5.41) is 25.8. The molecule has 2 N–H and O–H groups in total. The number of phenolic OH excluding ortho intramolecular Hbond substituents is 1. The number of aromatic hydroxyl groups is 1. The van der Waals surface area contributed by atoms with Crippen molar-refractivity contribution in [3.8, 4) is 17.2 Å². The molecule has 0 aliphatic rings. The summed E-state index contributed by atoms with van der Waals surface area (Å²) in [7, 11) is 3.19. The first kappa shape index (κ1) is 15.9. The van der Waals surface area contributed by atoms with Crippen LogP contribution in [0.15, 0.2) is 42.5 Å². The molecule has 8 heteroatoms. The molecular weight excluding hydrogens is 334 g/mol. The van der Waals surface area contributed by atoms with Gasteiger partial charge >= 0.3 is 0 Å². The van der Waals surface area contributed by atoms with Crippen molar-refractivity contribution < 1.29 is 14.6 Å². The summed E-state index contributed by atoms with van der Waals surface area (Å²) in [4.78, 5) is 0. The molecule has 0 unspecified atom stereocenters. The van der Waals surface area contributed by atoms with Crippen LogP contribution in [0.25, 0.3) is 16.6 Å². The molecule has 0 saturated carbocycles. The average molecular weight is 351 g/mol. The van der Waals surface area contributed by atoms with E-state index in [9.17, 15) is 5.11 Å². The second-order valence-corrected chi connectivity index (χ2v) is 5.75. The zero-order valence-electron chi connectivity index (χ0n) is 14.3. The third-order valence-corrected chi connectivity index (χ3v) is 4.18. The quantitative estimate of drug-likeness (QED) is 0.571. The first-order chi connectivity index (χ1) is 12.7. The Kier molecular flexibility index (Phi) is 3.92. The summed E-state index contributed by atoms with van der Waals surface area (Å²) >= 11 is 0. The molecule has 26 heavy (non-hydrogen) atoms. The van der Waals surface area contributed by atoms with Gasteiger partial charge in [0, 0.05) is 35.3 Å². The van der Waals surface area contributed by atoms with Crippen LogP contribution in [0.1, 0.15) is 5.56 Å². The zero-order valence-corrected chi connectivity index (χ0v) is 14.3. The van der Waals surface area contributed by atoms with Crippen molar-refractivity contribution in [3.63, 3.8) is 0 Å². The van der Waals surface area contributed by atoms with Crippen LogP contribution in [-0.2, 0) is 6.54 Å². The number of methoxy groups -OCH3 is 2. The van der Waals surface area contributed by atoms with Crippen LogP contribution >= 0.6 is 0 Å². The van der Waals surface area contributed by atoms with Crippen molar-refractivity contribution in [1.29, 1.82) is 0 Å². The summed E-state index contributed by atoms with van der Waals surface area (Å²) in [6.07, 6.45) is 0. The maximum atomic E-state index is 9.60. The van der Waals surface area contributed by atoms with Crippen molar-refractivity contribution >= 4 is 22.2 Å². The predicted octanol–water partition coefficient (Wildman–Crippen LogP) is 2.61. The molecule has 0 bridgehead atoms. The number of nitrogens with one attached hydrogen (secondary N) is 1. The molecule has 132 valence electrons. The normalized spacial score (nSPS) is 11.0. The fourth-order valence-electron chi connectivity index (χ4n) is 2.93. The number of hydrogen-bond acceptors (Lipinski definition) is 7. The Morgan fingerprint density at radius 2 is 1.88 bits per heavy atom. The lowest BCUT2D eigenvalue weighted by atomic mass is 10.1. The number of aromatic nitrogens is 4. The molecule has 0 atom stereocenters. The molecule has 0 aliphatic carbocycles. The van der Waals surface area contributed by atoms with Gasteiger partial charge in [0.15, 0.2) is 17.1 Å². The minimum absolute atomic E-state index is 0.208. The monoisotopic (exact) mass is 351 g/mol. The highest BCUT2D eigenvalue weighted by atomic mass is 16.5. The minimum atomic E-state index is 0.208. The van der Waals surface area contributed by atoms with E-state index in [2.05, 4.69) is 20.8 Å². The van der Waals surface area contributed by atoms with Gasteiger partial charge in [-0.25, -0.2) is 0 Å². The molecule has 0 spiro atoms. The van der Waals surface area contributed by atoms with Gasteiger partial charge in [-0.2, -0.15) is 4.52 Å². The standard InChI is InChI=1S/C18H17N5O3/c1-25-16-7-11-6-12(10-19-13-4-3-5-14(24)8-13)18-20-21-22-23(18)15(11)9-17(16)26-2/h3-9,19,24H,10H2,1-2H3. The Bertz CT molecular complexity index is 1090. The molecule has 4 aromatic rings. The largest absolute Gasteiger partial charge is 0.508 e. The second kappa shape index (κ2) is 6.40. The first-order valence-corrected chi connectivity index (χ1v) is 7.98. The number of fused-ring (bicyclic) bond motifs is 3. The molecule has 2 aromatic carbocycles. The maximum absolute atomic E-state index is 9.60. The third kappa shape index (κ3) is 2.71.